The number of benzene rings is 2. The number of amides is 1. The third-order valence-electron chi connectivity index (χ3n) is 2.48. The normalized spacial score (nSPS) is 10.2. The van der Waals surface area contributed by atoms with Crippen LogP contribution >= 0.6 is 0 Å². The first-order valence-electron chi connectivity index (χ1n) is 5.31. The maximum Gasteiger partial charge on any atom is 0.340 e. The van der Waals surface area contributed by atoms with E-state index in [0.29, 0.717) is 5.69 Å². The van der Waals surface area contributed by atoms with Crippen LogP contribution < -0.4 is 11.5 Å². The first-order chi connectivity index (χ1) is 8.58. The van der Waals surface area contributed by atoms with Crippen LogP contribution in [0, 0.1) is 0 Å². The Kier molecular flexibility index (Phi) is 3.14. The topological polar surface area (TPSA) is 95.4 Å². The molecule has 0 saturated heterocycles. The summed E-state index contributed by atoms with van der Waals surface area (Å²) in [6.45, 7) is -0.453. The van der Waals surface area contributed by atoms with Crippen LogP contribution in [0.15, 0.2) is 36.4 Å². The second kappa shape index (κ2) is 4.75. The maximum absolute atomic E-state index is 11.7. The number of anilines is 1. The van der Waals surface area contributed by atoms with Gasteiger partial charge in [0.15, 0.2) is 6.61 Å². The molecule has 2 aromatic carbocycles. The van der Waals surface area contributed by atoms with Crippen molar-refractivity contribution in [3.8, 4) is 0 Å². The predicted molar refractivity (Wildman–Crippen MR) is 67.8 cm³/mol. The van der Waals surface area contributed by atoms with Crippen molar-refractivity contribution in [3.63, 3.8) is 0 Å². The average molecular weight is 244 g/mol. The van der Waals surface area contributed by atoms with Crippen LogP contribution in [0.2, 0.25) is 0 Å². The van der Waals surface area contributed by atoms with E-state index in [1.165, 1.54) is 0 Å². The van der Waals surface area contributed by atoms with E-state index in [2.05, 4.69) is 0 Å². The number of carbonyl (C=O) groups is 2. The molecule has 0 atom stereocenters. The molecular weight excluding hydrogens is 232 g/mol. The third kappa shape index (κ3) is 2.40. The highest BCUT2D eigenvalue weighted by Gasteiger charge is 2.13. The number of rotatable bonds is 3. The summed E-state index contributed by atoms with van der Waals surface area (Å²) in [7, 11) is 0. The quantitative estimate of drug-likeness (QED) is 0.623. The molecule has 0 spiro atoms. The van der Waals surface area contributed by atoms with Gasteiger partial charge in [-0.05, 0) is 22.9 Å². The first-order valence-corrected chi connectivity index (χ1v) is 5.31. The number of hydrogen-bond donors (Lipinski definition) is 2. The van der Waals surface area contributed by atoms with Crippen LogP contribution in [0.25, 0.3) is 10.8 Å². The molecule has 2 aromatic rings. The molecular formula is C13H12N2O3. The van der Waals surface area contributed by atoms with Crippen molar-refractivity contribution in [2.45, 2.75) is 0 Å². The minimum atomic E-state index is -0.706. The Morgan fingerprint density at radius 1 is 1.11 bits per heavy atom. The molecule has 2 rings (SSSR count). The molecule has 0 radical (unpaired) electrons. The van der Waals surface area contributed by atoms with Crippen molar-refractivity contribution in [3.05, 3.63) is 42.0 Å². The van der Waals surface area contributed by atoms with Gasteiger partial charge in [-0.3, -0.25) is 4.79 Å². The Balaban J connectivity index is 2.35. The van der Waals surface area contributed by atoms with Crippen molar-refractivity contribution in [2.75, 3.05) is 12.3 Å². The number of fused-ring (bicyclic) bond motifs is 1. The van der Waals surface area contributed by atoms with Gasteiger partial charge in [0, 0.05) is 5.69 Å². The minimum absolute atomic E-state index is 0.231. The molecule has 0 fully saturated rings. The number of primary amides is 1. The summed E-state index contributed by atoms with van der Waals surface area (Å²) in [5.74, 6) is -1.36. The van der Waals surface area contributed by atoms with E-state index in [4.69, 9.17) is 16.2 Å². The summed E-state index contributed by atoms with van der Waals surface area (Å²) >= 11 is 0. The second-order valence-electron chi connectivity index (χ2n) is 3.83. The summed E-state index contributed by atoms with van der Waals surface area (Å²) in [4.78, 5) is 22.2. The van der Waals surface area contributed by atoms with Crippen molar-refractivity contribution >= 4 is 28.3 Å². The van der Waals surface area contributed by atoms with Crippen LogP contribution in [-0.2, 0) is 9.53 Å². The Bertz CT molecular complexity index is 623. The molecule has 0 heterocycles. The van der Waals surface area contributed by atoms with Gasteiger partial charge in [-0.25, -0.2) is 4.79 Å². The highest BCUT2D eigenvalue weighted by molar-refractivity contribution is 6.01. The smallest absolute Gasteiger partial charge is 0.340 e. The lowest BCUT2D eigenvalue weighted by atomic mass is 10.1. The fourth-order valence-corrected chi connectivity index (χ4v) is 1.65. The third-order valence-corrected chi connectivity index (χ3v) is 2.48. The van der Waals surface area contributed by atoms with E-state index in [0.717, 1.165) is 10.8 Å². The standard InChI is InChI=1S/C13H12N2O3/c14-11-6-9-4-2-1-3-8(9)5-10(11)13(17)18-7-12(15)16/h1-6H,7,14H2,(H2,15,16). The van der Waals surface area contributed by atoms with Gasteiger partial charge in [0.05, 0.1) is 5.56 Å². The van der Waals surface area contributed by atoms with Crippen LogP contribution in [-0.4, -0.2) is 18.5 Å². The molecule has 0 aromatic heterocycles. The lowest BCUT2D eigenvalue weighted by molar-refractivity contribution is -0.121. The van der Waals surface area contributed by atoms with Gasteiger partial charge in [-0.1, -0.05) is 24.3 Å². The van der Waals surface area contributed by atoms with Crippen LogP contribution in [0.3, 0.4) is 0 Å². The summed E-state index contributed by atoms with van der Waals surface area (Å²) in [5.41, 5.74) is 11.2. The van der Waals surface area contributed by atoms with Gasteiger partial charge in [0.25, 0.3) is 5.91 Å². The van der Waals surface area contributed by atoms with E-state index in [-0.39, 0.29) is 5.56 Å². The number of carbonyl (C=O) groups excluding carboxylic acids is 2. The number of nitrogen functional groups attached to an aromatic ring is 1. The molecule has 5 heteroatoms. The summed E-state index contributed by atoms with van der Waals surface area (Å²) in [5, 5.41) is 1.80. The molecule has 18 heavy (non-hydrogen) atoms. The Morgan fingerprint density at radius 2 is 1.72 bits per heavy atom. The van der Waals surface area contributed by atoms with E-state index in [1.54, 1.807) is 12.1 Å². The highest BCUT2D eigenvalue weighted by atomic mass is 16.5. The molecule has 0 aliphatic carbocycles. The van der Waals surface area contributed by atoms with Gasteiger partial charge >= 0.3 is 5.97 Å². The minimum Gasteiger partial charge on any atom is -0.452 e. The predicted octanol–water partition coefficient (Wildman–Crippen LogP) is 1.06. The number of ether oxygens (including phenoxy) is 1. The van der Waals surface area contributed by atoms with E-state index < -0.39 is 18.5 Å². The van der Waals surface area contributed by atoms with Crippen LogP contribution in [0.4, 0.5) is 5.69 Å². The van der Waals surface area contributed by atoms with Gasteiger partial charge in [-0.2, -0.15) is 0 Å². The fraction of sp³-hybridized carbons (Fsp3) is 0.0769. The largest absolute Gasteiger partial charge is 0.452 e. The number of hydrogen-bond acceptors (Lipinski definition) is 4. The lowest BCUT2D eigenvalue weighted by Crippen LogP contribution is -2.21. The Morgan fingerprint density at radius 3 is 2.33 bits per heavy atom. The molecule has 92 valence electrons. The zero-order valence-corrected chi connectivity index (χ0v) is 9.55. The lowest BCUT2D eigenvalue weighted by Gasteiger charge is -2.07. The summed E-state index contributed by atoms with van der Waals surface area (Å²) in [6.07, 6.45) is 0. The average Bonchev–Trinajstić information content (AvgIpc) is 2.35. The Labute approximate surface area is 103 Å². The molecule has 4 N–H and O–H groups in total. The molecule has 0 aliphatic rings. The highest BCUT2D eigenvalue weighted by Crippen LogP contribution is 2.22. The molecule has 0 bridgehead atoms. The monoisotopic (exact) mass is 244 g/mol. The fourth-order valence-electron chi connectivity index (χ4n) is 1.65. The van der Waals surface area contributed by atoms with Gasteiger partial charge in [0.2, 0.25) is 0 Å². The van der Waals surface area contributed by atoms with E-state index in [9.17, 15) is 9.59 Å². The van der Waals surface area contributed by atoms with Gasteiger partial charge < -0.3 is 16.2 Å². The van der Waals surface area contributed by atoms with Crippen molar-refractivity contribution in [2.24, 2.45) is 5.73 Å². The van der Waals surface area contributed by atoms with Crippen molar-refractivity contribution in [1.82, 2.24) is 0 Å². The van der Waals surface area contributed by atoms with E-state index >= 15 is 0 Å². The van der Waals surface area contributed by atoms with Crippen LogP contribution in [0.5, 0.6) is 0 Å². The second-order valence-corrected chi connectivity index (χ2v) is 3.83. The molecule has 0 aliphatic heterocycles. The molecule has 0 unspecified atom stereocenters. The van der Waals surface area contributed by atoms with Crippen LogP contribution in [0.1, 0.15) is 10.4 Å². The van der Waals surface area contributed by atoms with Crippen molar-refractivity contribution in [1.29, 1.82) is 0 Å². The van der Waals surface area contributed by atoms with Gasteiger partial charge in [0.1, 0.15) is 0 Å². The zero-order valence-electron chi connectivity index (χ0n) is 9.55. The van der Waals surface area contributed by atoms with E-state index in [1.807, 2.05) is 24.3 Å². The Hall–Kier alpha value is -2.56. The maximum atomic E-state index is 11.7. The summed E-state index contributed by atoms with van der Waals surface area (Å²) < 4.78 is 4.73. The number of nitrogens with two attached hydrogens (primary N) is 2. The summed E-state index contributed by atoms with van der Waals surface area (Å²) in [6, 6.07) is 10.8. The van der Waals surface area contributed by atoms with Gasteiger partial charge in [-0.15, -0.1) is 0 Å². The molecule has 5 nitrogen and oxygen atoms in total. The molecule has 1 amide bonds. The number of esters is 1. The zero-order chi connectivity index (χ0) is 13.1. The first kappa shape index (κ1) is 11.9. The molecule has 0 saturated carbocycles. The van der Waals surface area contributed by atoms with Crippen molar-refractivity contribution < 1.29 is 14.3 Å². The SMILES string of the molecule is NC(=O)COC(=O)c1cc2ccccc2cc1N.